The maximum Gasteiger partial charge on any atom is 0.147 e. The molecule has 0 aliphatic carbocycles. The predicted molar refractivity (Wildman–Crippen MR) is 70.4 cm³/mol. The van der Waals surface area contributed by atoms with E-state index in [1.54, 1.807) is 7.11 Å². The molecule has 0 amide bonds. The second kappa shape index (κ2) is 5.87. The molecule has 0 fully saturated rings. The topological polar surface area (TPSA) is 21.3 Å². The lowest BCUT2D eigenvalue weighted by molar-refractivity contribution is 0.409. The van der Waals surface area contributed by atoms with E-state index in [2.05, 4.69) is 63.2 Å². The van der Waals surface area contributed by atoms with Gasteiger partial charge in [0.15, 0.2) is 0 Å². The summed E-state index contributed by atoms with van der Waals surface area (Å²) in [5, 5.41) is 3.37. The van der Waals surface area contributed by atoms with Crippen molar-refractivity contribution in [3.63, 3.8) is 0 Å². The van der Waals surface area contributed by atoms with Crippen molar-refractivity contribution in [1.82, 2.24) is 5.32 Å². The number of hydrogen-bond donors (Lipinski definition) is 1. The first-order valence-electron chi connectivity index (χ1n) is 4.80. The Balaban J connectivity index is 2.84. The van der Waals surface area contributed by atoms with Crippen LogP contribution in [0.1, 0.15) is 19.4 Å². The van der Waals surface area contributed by atoms with Crippen LogP contribution in [0.15, 0.2) is 21.1 Å². The van der Waals surface area contributed by atoms with Gasteiger partial charge in [-0.3, -0.25) is 0 Å². The van der Waals surface area contributed by atoms with Gasteiger partial charge in [0.25, 0.3) is 0 Å². The molecular formula is C11H15Br2NO. The van der Waals surface area contributed by atoms with Crippen LogP contribution in [-0.4, -0.2) is 13.2 Å². The summed E-state index contributed by atoms with van der Waals surface area (Å²) in [4.78, 5) is 0. The second-order valence-corrected chi connectivity index (χ2v) is 5.34. The number of halogens is 2. The highest BCUT2D eigenvalue weighted by atomic mass is 79.9. The largest absolute Gasteiger partial charge is 0.494 e. The molecule has 15 heavy (non-hydrogen) atoms. The molecule has 0 aliphatic heterocycles. The van der Waals surface area contributed by atoms with Crippen LogP contribution >= 0.6 is 31.9 Å². The second-order valence-electron chi connectivity index (χ2n) is 3.63. The number of hydrogen-bond acceptors (Lipinski definition) is 2. The number of methoxy groups -OCH3 is 1. The summed E-state index contributed by atoms with van der Waals surface area (Å²) in [5.74, 6) is 0.836. The van der Waals surface area contributed by atoms with Gasteiger partial charge in [-0.15, -0.1) is 0 Å². The van der Waals surface area contributed by atoms with Crippen LogP contribution in [-0.2, 0) is 6.54 Å². The molecule has 1 aromatic carbocycles. The standard InChI is InChI=1S/C11H15Br2NO/c1-7(2)14-6-8-4-9(12)11(15-3)10(13)5-8/h4-5,7,14H,6H2,1-3H3. The number of benzene rings is 1. The first-order chi connectivity index (χ1) is 7.04. The van der Waals surface area contributed by atoms with E-state index in [1.807, 2.05) is 0 Å². The quantitative estimate of drug-likeness (QED) is 0.904. The molecule has 0 spiro atoms. The molecule has 0 heterocycles. The molecule has 1 rings (SSSR count). The first kappa shape index (κ1) is 13.0. The van der Waals surface area contributed by atoms with Crippen molar-refractivity contribution in [3.8, 4) is 5.75 Å². The highest BCUT2D eigenvalue weighted by Gasteiger charge is 2.07. The van der Waals surface area contributed by atoms with Gasteiger partial charge in [0.05, 0.1) is 16.1 Å². The molecule has 4 heteroatoms. The van der Waals surface area contributed by atoms with Crippen LogP contribution in [0.4, 0.5) is 0 Å². The van der Waals surface area contributed by atoms with Crippen LogP contribution < -0.4 is 10.1 Å². The highest BCUT2D eigenvalue weighted by Crippen LogP contribution is 2.34. The Morgan fingerprint density at radius 2 is 1.80 bits per heavy atom. The summed E-state index contributed by atoms with van der Waals surface area (Å²) in [6, 6.07) is 4.63. The Morgan fingerprint density at radius 3 is 2.20 bits per heavy atom. The molecule has 0 saturated carbocycles. The first-order valence-corrected chi connectivity index (χ1v) is 6.38. The minimum absolute atomic E-state index is 0.490. The monoisotopic (exact) mass is 335 g/mol. The lowest BCUT2D eigenvalue weighted by Gasteiger charge is -2.11. The van der Waals surface area contributed by atoms with Crippen molar-refractivity contribution < 1.29 is 4.74 Å². The Morgan fingerprint density at radius 1 is 1.27 bits per heavy atom. The van der Waals surface area contributed by atoms with E-state index in [1.165, 1.54) is 5.56 Å². The van der Waals surface area contributed by atoms with Gasteiger partial charge in [-0.25, -0.2) is 0 Å². The third kappa shape index (κ3) is 3.78. The Labute approximate surface area is 108 Å². The lowest BCUT2D eigenvalue weighted by Crippen LogP contribution is -2.21. The zero-order chi connectivity index (χ0) is 11.4. The van der Waals surface area contributed by atoms with Crippen molar-refractivity contribution in [2.24, 2.45) is 0 Å². The highest BCUT2D eigenvalue weighted by molar-refractivity contribution is 9.11. The third-order valence-corrected chi connectivity index (χ3v) is 3.15. The van der Waals surface area contributed by atoms with Gasteiger partial charge in [-0.05, 0) is 49.6 Å². The van der Waals surface area contributed by atoms with Crippen LogP contribution in [0.25, 0.3) is 0 Å². The third-order valence-electron chi connectivity index (χ3n) is 1.98. The average Bonchev–Trinajstić information content (AvgIpc) is 2.14. The number of nitrogens with one attached hydrogen (secondary N) is 1. The van der Waals surface area contributed by atoms with Crippen molar-refractivity contribution in [2.45, 2.75) is 26.4 Å². The van der Waals surface area contributed by atoms with Crippen molar-refractivity contribution in [1.29, 1.82) is 0 Å². The van der Waals surface area contributed by atoms with E-state index in [0.717, 1.165) is 21.2 Å². The SMILES string of the molecule is COc1c(Br)cc(CNC(C)C)cc1Br. The molecule has 0 unspecified atom stereocenters. The minimum atomic E-state index is 0.490. The molecular weight excluding hydrogens is 322 g/mol. The van der Waals surface area contributed by atoms with E-state index < -0.39 is 0 Å². The van der Waals surface area contributed by atoms with Gasteiger partial charge in [-0.2, -0.15) is 0 Å². The summed E-state index contributed by atoms with van der Waals surface area (Å²) < 4.78 is 7.19. The van der Waals surface area contributed by atoms with Crippen molar-refractivity contribution in [3.05, 3.63) is 26.6 Å². The molecule has 84 valence electrons. The lowest BCUT2D eigenvalue weighted by atomic mass is 10.2. The van der Waals surface area contributed by atoms with Gasteiger partial charge in [0, 0.05) is 12.6 Å². The number of ether oxygens (including phenoxy) is 1. The Kier molecular flexibility index (Phi) is 5.09. The van der Waals surface area contributed by atoms with Crippen LogP contribution in [0.3, 0.4) is 0 Å². The van der Waals surface area contributed by atoms with E-state index in [9.17, 15) is 0 Å². The summed E-state index contributed by atoms with van der Waals surface area (Å²) in [7, 11) is 1.66. The summed E-state index contributed by atoms with van der Waals surface area (Å²) in [5.41, 5.74) is 1.23. The van der Waals surface area contributed by atoms with E-state index in [-0.39, 0.29) is 0 Å². The van der Waals surface area contributed by atoms with E-state index >= 15 is 0 Å². The smallest absolute Gasteiger partial charge is 0.147 e. The van der Waals surface area contributed by atoms with Gasteiger partial charge < -0.3 is 10.1 Å². The summed E-state index contributed by atoms with van der Waals surface area (Å²) in [6.45, 7) is 5.13. The zero-order valence-corrected chi connectivity index (χ0v) is 12.3. The maximum atomic E-state index is 5.24. The van der Waals surface area contributed by atoms with Crippen LogP contribution in [0, 0.1) is 0 Å². The molecule has 2 nitrogen and oxygen atoms in total. The summed E-state index contributed by atoms with van der Waals surface area (Å²) in [6.07, 6.45) is 0. The minimum Gasteiger partial charge on any atom is -0.494 e. The fraction of sp³-hybridized carbons (Fsp3) is 0.455. The molecule has 0 saturated heterocycles. The molecule has 0 atom stereocenters. The summed E-state index contributed by atoms with van der Waals surface area (Å²) >= 11 is 6.96. The molecule has 0 aromatic heterocycles. The van der Waals surface area contributed by atoms with Gasteiger partial charge >= 0.3 is 0 Å². The van der Waals surface area contributed by atoms with Crippen LogP contribution in [0.2, 0.25) is 0 Å². The van der Waals surface area contributed by atoms with Gasteiger partial charge in [0.1, 0.15) is 5.75 Å². The van der Waals surface area contributed by atoms with E-state index in [4.69, 9.17) is 4.74 Å². The predicted octanol–water partition coefficient (Wildman–Crippen LogP) is 3.72. The van der Waals surface area contributed by atoms with Gasteiger partial charge in [0.2, 0.25) is 0 Å². The average molecular weight is 337 g/mol. The van der Waals surface area contributed by atoms with Crippen LogP contribution in [0.5, 0.6) is 5.75 Å². The fourth-order valence-corrected chi connectivity index (χ4v) is 2.84. The van der Waals surface area contributed by atoms with Crippen molar-refractivity contribution in [2.75, 3.05) is 7.11 Å². The number of rotatable bonds is 4. The molecule has 0 bridgehead atoms. The molecule has 1 aromatic rings. The normalized spacial score (nSPS) is 10.8. The zero-order valence-electron chi connectivity index (χ0n) is 9.10. The van der Waals surface area contributed by atoms with E-state index in [0.29, 0.717) is 6.04 Å². The maximum absolute atomic E-state index is 5.24. The molecule has 0 radical (unpaired) electrons. The Hall–Kier alpha value is -0.0600. The molecule has 1 N–H and O–H groups in total. The van der Waals surface area contributed by atoms with Crippen molar-refractivity contribution >= 4 is 31.9 Å². The fourth-order valence-electron chi connectivity index (χ4n) is 1.23. The molecule has 0 aliphatic rings. The Bertz CT molecular complexity index is 316. The van der Waals surface area contributed by atoms with Gasteiger partial charge in [-0.1, -0.05) is 13.8 Å².